The first-order chi connectivity index (χ1) is 15.6. The molecule has 0 saturated carbocycles. The van der Waals surface area contributed by atoms with Crippen molar-refractivity contribution in [2.24, 2.45) is 5.92 Å². The lowest BCUT2D eigenvalue weighted by Gasteiger charge is -2.38. The van der Waals surface area contributed by atoms with Crippen LogP contribution in [0.3, 0.4) is 0 Å². The number of likely N-dealkylation sites (tertiary alicyclic amines) is 1. The summed E-state index contributed by atoms with van der Waals surface area (Å²) in [6.07, 6.45) is 13.0. The number of rotatable bonds is 7. The van der Waals surface area contributed by atoms with E-state index in [1.807, 2.05) is 0 Å². The highest BCUT2D eigenvalue weighted by Crippen LogP contribution is 2.23. The third-order valence-electron chi connectivity index (χ3n) is 7.49. The first-order valence-corrected chi connectivity index (χ1v) is 12.6. The molecule has 0 spiro atoms. The number of aromatic nitrogens is 1. The second kappa shape index (κ2) is 10.7. The molecule has 0 aromatic carbocycles. The number of aromatic amines is 1. The fourth-order valence-electron chi connectivity index (χ4n) is 5.39. The van der Waals surface area contributed by atoms with Crippen LogP contribution in [0.1, 0.15) is 43.5 Å². The molecular weight excluding hydrogens is 398 g/mol. The molecule has 4 rings (SSSR count). The van der Waals surface area contributed by atoms with E-state index in [9.17, 15) is 4.79 Å². The molecule has 1 aromatic rings. The third kappa shape index (κ3) is 5.46. The van der Waals surface area contributed by atoms with Gasteiger partial charge in [-0.1, -0.05) is 19.9 Å². The molecule has 1 N–H and O–H groups in total. The van der Waals surface area contributed by atoms with Crippen LogP contribution in [0.15, 0.2) is 30.1 Å². The number of carbonyl (C=O) groups is 1. The van der Waals surface area contributed by atoms with Gasteiger partial charge >= 0.3 is 0 Å². The van der Waals surface area contributed by atoms with Gasteiger partial charge in [-0.3, -0.25) is 14.6 Å². The van der Waals surface area contributed by atoms with E-state index >= 15 is 0 Å². The minimum absolute atomic E-state index is 0.211. The fraction of sp³-hybridized carbons (Fsp3) is 0.654. The van der Waals surface area contributed by atoms with E-state index in [2.05, 4.69) is 70.0 Å². The molecule has 6 nitrogen and oxygen atoms in total. The Kier molecular flexibility index (Phi) is 7.74. The van der Waals surface area contributed by atoms with Gasteiger partial charge in [0, 0.05) is 70.7 Å². The van der Waals surface area contributed by atoms with Crippen LogP contribution >= 0.6 is 0 Å². The van der Waals surface area contributed by atoms with Gasteiger partial charge in [-0.15, -0.1) is 0 Å². The van der Waals surface area contributed by atoms with Gasteiger partial charge in [-0.05, 0) is 67.7 Å². The van der Waals surface area contributed by atoms with Gasteiger partial charge in [0.05, 0.1) is 0 Å². The summed E-state index contributed by atoms with van der Waals surface area (Å²) in [5.74, 6) is 0.607. The second-order valence-corrected chi connectivity index (χ2v) is 9.66. The number of likely N-dealkylation sites (N-methyl/N-ethyl adjacent to an activating group) is 1. The minimum atomic E-state index is 0.211. The molecule has 6 heteroatoms. The lowest BCUT2D eigenvalue weighted by molar-refractivity contribution is -0.138. The molecule has 0 unspecified atom stereocenters. The molecule has 3 aliphatic heterocycles. The van der Waals surface area contributed by atoms with Crippen molar-refractivity contribution in [3.63, 3.8) is 0 Å². The Bertz CT molecular complexity index is 825. The van der Waals surface area contributed by atoms with Gasteiger partial charge in [0.2, 0.25) is 5.91 Å². The molecule has 0 radical (unpaired) electrons. The van der Waals surface area contributed by atoms with Crippen molar-refractivity contribution in [2.75, 3.05) is 59.4 Å². The molecule has 0 atom stereocenters. The number of amides is 1. The quantitative estimate of drug-likeness (QED) is 0.710. The average molecular weight is 440 g/mol. The van der Waals surface area contributed by atoms with Crippen molar-refractivity contribution in [3.05, 3.63) is 46.9 Å². The van der Waals surface area contributed by atoms with Crippen molar-refractivity contribution in [1.82, 2.24) is 24.6 Å². The summed E-state index contributed by atoms with van der Waals surface area (Å²) >= 11 is 0. The molecule has 1 amide bonds. The number of aryl methyl sites for hydroxylation is 1. The monoisotopic (exact) mass is 439 g/mol. The van der Waals surface area contributed by atoms with E-state index in [-0.39, 0.29) is 5.92 Å². The molecule has 32 heavy (non-hydrogen) atoms. The van der Waals surface area contributed by atoms with Gasteiger partial charge in [-0.2, -0.15) is 0 Å². The Labute approximate surface area is 193 Å². The number of hydrogen-bond donors (Lipinski definition) is 1. The second-order valence-electron chi connectivity index (χ2n) is 9.66. The molecule has 176 valence electrons. The summed E-state index contributed by atoms with van der Waals surface area (Å²) in [5, 5.41) is 0. The highest BCUT2D eigenvalue weighted by molar-refractivity contribution is 5.79. The van der Waals surface area contributed by atoms with E-state index in [1.54, 1.807) is 0 Å². The zero-order chi connectivity index (χ0) is 22.5. The Hall–Kier alpha value is -2.05. The number of hydrogen-bond acceptors (Lipinski definition) is 4. The van der Waals surface area contributed by atoms with E-state index in [0.717, 1.165) is 84.6 Å². The van der Waals surface area contributed by atoms with Gasteiger partial charge in [0.25, 0.3) is 0 Å². The van der Waals surface area contributed by atoms with E-state index in [1.165, 1.54) is 22.4 Å². The molecule has 1 aromatic heterocycles. The summed E-state index contributed by atoms with van der Waals surface area (Å²) in [6.45, 7) is 13.2. The maximum Gasteiger partial charge on any atom is 0.225 e. The molecule has 4 heterocycles. The molecule has 2 fully saturated rings. The maximum absolute atomic E-state index is 13.1. The fourth-order valence-corrected chi connectivity index (χ4v) is 5.39. The Morgan fingerprint density at radius 1 is 1.00 bits per heavy atom. The zero-order valence-electron chi connectivity index (χ0n) is 20.3. The smallest absolute Gasteiger partial charge is 0.225 e. The van der Waals surface area contributed by atoms with Gasteiger partial charge < -0.3 is 14.8 Å². The number of nitrogens with zero attached hydrogens (tertiary/aromatic N) is 4. The van der Waals surface area contributed by atoms with Crippen LogP contribution in [0.2, 0.25) is 0 Å². The first-order valence-electron chi connectivity index (χ1n) is 12.6. The van der Waals surface area contributed by atoms with Crippen LogP contribution in [0, 0.1) is 5.92 Å². The van der Waals surface area contributed by atoms with E-state index < -0.39 is 0 Å². The average Bonchev–Trinajstić information content (AvgIpc) is 3.22. The first kappa shape index (κ1) is 23.1. The van der Waals surface area contributed by atoms with Crippen molar-refractivity contribution < 1.29 is 4.79 Å². The largest absolute Gasteiger partial charge is 0.377 e. The van der Waals surface area contributed by atoms with Crippen LogP contribution in [0.5, 0.6) is 0 Å². The van der Waals surface area contributed by atoms with Crippen molar-refractivity contribution in [3.8, 4) is 0 Å². The van der Waals surface area contributed by atoms with Gasteiger partial charge in [0.1, 0.15) is 0 Å². The standard InChI is InChI=1S/C26H41N5O/c1-4-24-23(18-27-25(24)5-2)20-30-14-16-31(17-15-30)26(32)22-8-12-29(13-9-22)19-21-6-10-28(3)11-7-21/h6-7,10,18,22,27H,4-5,8-9,11-17,19-20H2,1-3H3. The topological polar surface area (TPSA) is 45.8 Å². The Morgan fingerprint density at radius 2 is 1.72 bits per heavy atom. The summed E-state index contributed by atoms with van der Waals surface area (Å²) < 4.78 is 0. The van der Waals surface area contributed by atoms with Crippen molar-refractivity contribution >= 4 is 5.91 Å². The SMILES string of the molecule is CCc1[nH]cc(CN2CCN(C(=O)C3CCN(CC4=CCN(C)C=C4)CC3)CC2)c1CC. The number of carbonyl (C=O) groups excluding carboxylic acids is 1. The lowest BCUT2D eigenvalue weighted by Crippen LogP contribution is -2.51. The van der Waals surface area contributed by atoms with Crippen LogP contribution in [0.4, 0.5) is 0 Å². The van der Waals surface area contributed by atoms with Crippen molar-refractivity contribution in [1.29, 1.82) is 0 Å². The van der Waals surface area contributed by atoms with Crippen LogP contribution < -0.4 is 0 Å². The summed E-state index contributed by atoms with van der Waals surface area (Å²) in [7, 11) is 2.10. The number of piperazine rings is 1. The van der Waals surface area contributed by atoms with Crippen LogP contribution in [-0.4, -0.2) is 89.9 Å². The maximum atomic E-state index is 13.1. The summed E-state index contributed by atoms with van der Waals surface area (Å²) in [4.78, 5) is 26.0. The van der Waals surface area contributed by atoms with Gasteiger partial charge in [-0.25, -0.2) is 0 Å². The highest BCUT2D eigenvalue weighted by Gasteiger charge is 2.30. The molecule has 2 saturated heterocycles. The van der Waals surface area contributed by atoms with E-state index in [0.29, 0.717) is 5.91 Å². The van der Waals surface area contributed by atoms with E-state index in [4.69, 9.17) is 0 Å². The summed E-state index contributed by atoms with van der Waals surface area (Å²) in [6, 6.07) is 0. The molecule has 0 aliphatic carbocycles. The predicted octanol–water partition coefficient (Wildman–Crippen LogP) is 2.88. The zero-order valence-corrected chi connectivity index (χ0v) is 20.3. The predicted molar refractivity (Wildman–Crippen MR) is 130 cm³/mol. The number of H-pyrrole nitrogens is 1. The van der Waals surface area contributed by atoms with Crippen molar-refractivity contribution in [2.45, 2.75) is 46.1 Å². The van der Waals surface area contributed by atoms with Crippen LogP contribution in [0.25, 0.3) is 0 Å². The summed E-state index contributed by atoms with van der Waals surface area (Å²) in [5.41, 5.74) is 5.71. The Morgan fingerprint density at radius 3 is 2.34 bits per heavy atom. The molecule has 0 bridgehead atoms. The third-order valence-corrected chi connectivity index (χ3v) is 7.49. The highest BCUT2D eigenvalue weighted by atomic mass is 16.2. The minimum Gasteiger partial charge on any atom is -0.377 e. The molecular formula is C26H41N5O. The van der Waals surface area contributed by atoms with Gasteiger partial charge in [0.15, 0.2) is 0 Å². The normalized spacial score (nSPS) is 21.3. The number of nitrogens with one attached hydrogen (secondary N) is 1. The molecule has 3 aliphatic rings. The lowest BCUT2D eigenvalue weighted by atomic mass is 9.94. The Balaban J connectivity index is 1.20. The van der Waals surface area contributed by atoms with Crippen LogP contribution in [-0.2, 0) is 24.2 Å². The number of piperidine rings is 1.